The van der Waals surface area contributed by atoms with Crippen LogP contribution in [0.4, 0.5) is 28.8 Å². The Balaban J connectivity index is 0.000000339. The topological polar surface area (TPSA) is 529 Å². The van der Waals surface area contributed by atoms with Crippen molar-refractivity contribution in [2.45, 2.75) is 203 Å². The van der Waals surface area contributed by atoms with E-state index in [9.17, 15) is 86.3 Å². The highest BCUT2D eigenvalue weighted by molar-refractivity contribution is 5.94. The van der Waals surface area contributed by atoms with Crippen molar-refractivity contribution < 1.29 is 200 Å². The van der Waals surface area contributed by atoms with Gasteiger partial charge in [-0.25, -0.2) is 86.3 Å². The van der Waals surface area contributed by atoms with E-state index in [0.29, 0.717) is 0 Å². The fourth-order valence-corrected chi connectivity index (χ4v) is 9.16. The molecule has 108 heavy (non-hydrogen) atoms. The molecule has 12 unspecified atom stereocenters. The van der Waals surface area contributed by atoms with Gasteiger partial charge in [-0.3, -0.25) is 0 Å². The highest BCUT2D eigenvalue weighted by Gasteiger charge is 2.54. The highest BCUT2D eigenvalue weighted by Crippen LogP contribution is 2.28. The van der Waals surface area contributed by atoms with Crippen molar-refractivity contribution in [1.82, 2.24) is 0 Å². The SMILES string of the molecule is C#CCOC(=O)C1OC(=O)OC1C(=O)OCC#C.C=CCOC(=O)C1OC(=O)OC1C(=O)OCC=C.CC(C)OC(=O)C1OC(=O)OC1C(=O)OC(C)C.CCOC(=O)C1OC(=O)OC1C(=O)OCC.COC(=O)C1OC(=O)OC1C(=O)OC.O=C1OC(C(=O)OC2CCCCC2)C(C(=O)OC2CCCCC2)O1. The summed E-state index contributed by atoms with van der Waals surface area (Å²) in [5.74, 6) is -6.22. The van der Waals surface area contributed by atoms with E-state index in [2.05, 4.69) is 98.4 Å². The monoisotopic (exact) mass is 1540 g/mol. The number of terminal acetylenes is 2. The number of esters is 12. The molecule has 8 rings (SSSR count). The minimum atomic E-state index is -1.55. The molecule has 8 aliphatic rings. The first kappa shape index (κ1) is 90.1. The highest BCUT2D eigenvalue weighted by atomic mass is 16.8. The predicted molar refractivity (Wildman–Crippen MR) is 338 cm³/mol. The van der Waals surface area contributed by atoms with Crippen LogP contribution < -0.4 is 0 Å². The minimum absolute atomic E-state index is 0.0681. The number of hydrogen-bond acceptors (Lipinski definition) is 42. The first-order chi connectivity index (χ1) is 51.3. The van der Waals surface area contributed by atoms with E-state index in [1.165, 1.54) is 12.2 Å². The molecule has 12 atom stereocenters. The lowest BCUT2D eigenvalue weighted by atomic mass is 9.97. The molecule has 596 valence electrons. The minimum Gasteiger partial charge on any atom is -0.466 e. The molecule has 0 aromatic carbocycles. The third kappa shape index (κ3) is 29.4. The summed E-state index contributed by atoms with van der Waals surface area (Å²) in [7, 11) is 2.20. The molecule has 0 N–H and O–H groups in total. The zero-order valence-electron chi connectivity index (χ0n) is 59.4. The summed E-state index contributed by atoms with van der Waals surface area (Å²) in [6.45, 7) is 15.9. The Morgan fingerprint density at radius 1 is 0.352 bits per heavy atom. The summed E-state index contributed by atoms with van der Waals surface area (Å²) >= 11 is 0. The molecule has 0 radical (unpaired) electrons. The Hall–Kier alpha value is -12.1. The van der Waals surface area contributed by atoms with Gasteiger partial charge in [0.05, 0.1) is 39.6 Å². The average molecular weight is 1550 g/mol. The molecule has 0 amide bonds. The summed E-state index contributed by atoms with van der Waals surface area (Å²) < 4.78 is 112. The smallest absolute Gasteiger partial charge is 0.466 e. The molecule has 6 heterocycles. The maximum atomic E-state index is 12.3. The summed E-state index contributed by atoms with van der Waals surface area (Å²) in [5, 5.41) is 0. The summed E-state index contributed by atoms with van der Waals surface area (Å²) in [4.78, 5) is 204. The van der Waals surface area contributed by atoms with Crippen LogP contribution >= 0.6 is 0 Å². The van der Waals surface area contributed by atoms with Gasteiger partial charge in [-0.2, -0.15) is 0 Å². The second kappa shape index (κ2) is 46.6. The van der Waals surface area contributed by atoms with E-state index in [4.69, 9.17) is 41.3 Å². The van der Waals surface area contributed by atoms with Crippen LogP contribution in [0, 0.1) is 24.7 Å². The van der Waals surface area contributed by atoms with Crippen LogP contribution in [0.25, 0.3) is 0 Å². The Kier molecular flexibility index (Phi) is 38.9. The Morgan fingerprint density at radius 3 is 0.778 bits per heavy atom. The van der Waals surface area contributed by atoms with Crippen LogP contribution in [0.1, 0.15) is 106 Å². The molecule has 2 aliphatic carbocycles. The number of ether oxygens (including phenoxy) is 24. The van der Waals surface area contributed by atoms with Crippen molar-refractivity contribution in [2.24, 2.45) is 0 Å². The Bertz CT molecular complexity index is 3100. The number of carbonyl (C=O) groups is 18. The van der Waals surface area contributed by atoms with E-state index in [1.807, 2.05) is 11.8 Å². The first-order valence-electron chi connectivity index (χ1n) is 32.6. The Morgan fingerprint density at radius 2 is 0.565 bits per heavy atom. The van der Waals surface area contributed by atoms with Crippen LogP contribution in [0.2, 0.25) is 0 Å². The fourth-order valence-electron chi connectivity index (χ4n) is 9.16. The lowest BCUT2D eigenvalue weighted by Crippen LogP contribution is -2.42. The molecule has 0 bridgehead atoms. The van der Waals surface area contributed by atoms with E-state index in [-0.39, 0.29) is 51.8 Å². The second-order valence-electron chi connectivity index (χ2n) is 22.3. The van der Waals surface area contributed by atoms with E-state index < -0.39 is 194 Å². The third-order valence-electron chi connectivity index (χ3n) is 13.7. The van der Waals surface area contributed by atoms with E-state index in [1.54, 1.807) is 41.5 Å². The van der Waals surface area contributed by atoms with Gasteiger partial charge in [0.2, 0.25) is 73.2 Å². The van der Waals surface area contributed by atoms with Crippen molar-refractivity contribution in [3.05, 3.63) is 25.3 Å². The van der Waals surface area contributed by atoms with Gasteiger partial charge in [0.25, 0.3) is 0 Å². The standard InChI is InChI=1S/C17H24O7.C11H16O7.C11H12O7.C11H8O7.C9H12O7.C7H8O7/c18-15(21-11-7-3-1-4-8-11)13-14(24-17(20)23-13)16(19)22-12-9-5-2-6-10-12;1-5(2)15-9(12)7-8(18-11(14)17-7)10(13)16-6(3)4;2*1-3-5-15-9(12)7-8(18-11(14)17-7)10(13)16-6-4-2;1-3-13-7(10)5-6(8(11)14-4-2)16-9(12)15-5;1-11-5(8)3-4(6(9)12-2)14-7(10)13-3/h11-14H,1-10H2;5-8H,1-4H3;3-4,7-8H,1-2,5-6H2;1-2,7-8H,5-6H2;5-6H,3-4H2,1-2H3;3-4H,1-2H3. The molecule has 0 aromatic rings. The van der Waals surface area contributed by atoms with Gasteiger partial charge in [0.1, 0.15) is 25.4 Å². The molecular formula is C66H80O42. The number of carbonyl (C=O) groups excluding carboxylic acids is 18. The van der Waals surface area contributed by atoms with Crippen molar-refractivity contribution in [3.63, 3.8) is 0 Å². The lowest BCUT2D eigenvalue weighted by molar-refractivity contribution is -0.170. The predicted octanol–water partition coefficient (Wildman–Crippen LogP) is 2.28. The quantitative estimate of drug-likeness (QED) is 0.0579. The van der Waals surface area contributed by atoms with Crippen molar-refractivity contribution >= 4 is 109 Å². The summed E-state index contributed by atoms with van der Waals surface area (Å²) in [5.41, 5.74) is 0. The average Bonchev–Trinajstić information content (AvgIpc) is 2.51. The van der Waals surface area contributed by atoms with Gasteiger partial charge in [0.15, 0.2) is 13.2 Å². The van der Waals surface area contributed by atoms with Gasteiger partial charge in [-0.05, 0) is 92.9 Å². The Labute approximate surface area is 614 Å². The van der Waals surface area contributed by atoms with Crippen molar-refractivity contribution in [3.8, 4) is 24.7 Å². The van der Waals surface area contributed by atoms with E-state index in [0.717, 1.165) is 78.4 Å². The van der Waals surface area contributed by atoms with Gasteiger partial charge >= 0.3 is 109 Å². The van der Waals surface area contributed by atoms with Crippen LogP contribution in [0.5, 0.6) is 0 Å². The number of hydrogen-bond donors (Lipinski definition) is 0. The maximum Gasteiger partial charge on any atom is 0.510 e. The zero-order valence-corrected chi connectivity index (χ0v) is 59.4. The van der Waals surface area contributed by atoms with E-state index >= 15 is 0 Å². The molecule has 6 saturated heterocycles. The van der Waals surface area contributed by atoms with Crippen molar-refractivity contribution in [2.75, 3.05) is 53.9 Å². The largest absolute Gasteiger partial charge is 0.510 e. The van der Waals surface area contributed by atoms with Gasteiger partial charge in [0, 0.05) is 0 Å². The molecule has 42 nitrogen and oxygen atoms in total. The second-order valence-corrected chi connectivity index (χ2v) is 22.3. The van der Waals surface area contributed by atoms with Crippen LogP contribution in [0.3, 0.4) is 0 Å². The van der Waals surface area contributed by atoms with Gasteiger partial charge in [-0.15, -0.1) is 12.8 Å². The molecule has 8 fully saturated rings. The van der Waals surface area contributed by atoms with Gasteiger partial charge in [-0.1, -0.05) is 50.0 Å². The molecule has 42 heteroatoms. The van der Waals surface area contributed by atoms with Crippen molar-refractivity contribution in [1.29, 1.82) is 0 Å². The third-order valence-corrected chi connectivity index (χ3v) is 13.7. The first-order valence-corrected chi connectivity index (χ1v) is 32.6. The summed E-state index contributed by atoms with van der Waals surface area (Å²) in [6, 6.07) is 0. The lowest BCUT2D eigenvalue weighted by Gasteiger charge is -2.25. The normalized spacial score (nSPS) is 23.9. The molecule has 2 saturated carbocycles. The molecule has 0 spiro atoms. The van der Waals surface area contributed by atoms with Gasteiger partial charge < -0.3 is 114 Å². The summed E-state index contributed by atoms with van der Waals surface area (Å²) in [6.07, 6.45) is -2.97. The van der Waals surface area contributed by atoms with Crippen LogP contribution in [0.15, 0.2) is 25.3 Å². The number of rotatable bonds is 24. The molecule has 6 aliphatic heterocycles. The zero-order chi connectivity index (χ0) is 80.7. The molecule has 0 aromatic heterocycles. The number of methoxy groups -OCH3 is 2. The molecular weight excluding hydrogens is 1460 g/mol. The maximum absolute atomic E-state index is 12.3. The number of cyclic esters (lactones) is 12. The van der Waals surface area contributed by atoms with Crippen LogP contribution in [-0.4, -0.2) is 260 Å². The fraction of sp³-hybridized carbons (Fsp3) is 0.606. The van der Waals surface area contributed by atoms with Crippen LogP contribution in [-0.2, 0) is 171 Å².